The van der Waals surface area contributed by atoms with E-state index in [2.05, 4.69) is 70.9 Å². The number of hydrogen-bond donors (Lipinski definition) is 0. The van der Waals surface area contributed by atoms with Gasteiger partial charge in [0.25, 0.3) is 0 Å². The van der Waals surface area contributed by atoms with Gasteiger partial charge in [0.15, 0.2) is 0 Å². The quantitative estimate of drug-likeness (QED) is 0.185. The molecule has 0 radical (unpaired) electrons. The summed E-state index contributed by atoms with van der Waals surface area (Å²) < 4.78 is 17.8. The number of halogens is 1. The van der Waals surface area contributed by atoms with E-state index in [1.54, 1.807) is 0 Å². The first kappa shape index (κ1) is 22.7. The van der Waals surface area contributed by atoms with Gasteiger partial charge in [-0.2, -0.15) is 0 Å². The maximum absolute atomic E-state index is 15.2. The molecule has 0 saturated heterocycles. The molecule has 1 nitrogen and oxygen atoms in total. The molecular formula is C29H24ClOPTe. The normalized spacial score (nSPS) is 18.5. The number of benzene rings is 4. The van der Waals surface area contributed by atoms with E-state index in [1.807, 2.05) is 48.5 Å². The van der Waals surface area contributed by atoms with Gasteiger partial charge in [0, 0.05) is 0 Å². The summed E-state index contributed by atoms with van der Waals surface area (Å²) in [6, 6.07) is 39.1. The minimum absolute atomic E-state index is 0.117. The van der Waals surface area contributed by atoms with E-state index in [4.69, 9.17) is 11.6 Å². The van der Waals surface area contributed by atoms with Crippen molar-refractivity contribution in [1.82, 2.24) is 0 Å². The van der Waals surface area contributed by atoms with E-state index in [0.29, 0.717) is 0 Å². The molecule has 0 unspecified atom stereocenters. The van der Waals surface area contributed by atoms with Gasteiger partial charge in [-0.1, -0.05) is 0 Å². The van der Waals surface area contributed by atoms with Crippen molar-refractivity contribution in [2.45, 2.75) is 16.0 Å². The van der Waals surface area contributed by atoms with Crippen molar-refractivity contribution in [1.29, 1.82) is 0 Å². The molecule has 0 spiro atoms. The monoisotopic (exact) mass is 584 g/mol. The molecular weight excluding hydrogens is 558 g/mol. The van der Waals surface area contributed by atoms with Gasteiger partial charge < -0.3 is 0 Å². The Hall–Kier alpha value is -2.07. The third kappa shape index (κ3) is 4.64. The summed E-state index contributed by atoms with van der Waals surface area (Å²) in [5.41, 5.74) is 3.85. The summed E-state index contributed by atoms with van der Waals surface area (Å²) >= 11 is 5.43. The molecule has 164 valence electrons. The summed E-state index contributed by atoms with van der Waals surface area (Å²) in [5, 5.41) is 2.69. The third-order valence-electron chi connectivity index (χ3n) is 6.21. The van der Waals surface area contributed by atoms with Crippen LogP contribution in [0.25, 0.3) is 5.57 Å². The fourth-order valence-corrected chi connectivity index (χ4v) is 14.5. The molecule has 4 heteroatoms. The SMILES string of the molecule is O=P(c1ccccc1)(c1ccccc1)[C@H]1[Te]C=C(c2ccc(Cl)cc2)C[C@@H]1c1ccccc1. The summed E-state index contributed by atoms with van der Waals surface area (Å²) in [4.78, 5) is 0. The Labute approximate surface area is 211 Å². The molecule has 0 N–H and O–H groups in total. The Bertz CT molecular complexity index is 1240. The predicted molar refractivity (Wildman–Crippen MR) is 143 cm³/mol. The molecule has 1 heterocycles. The zero-order valence-corrected chi connectivity index (χ0v) is 22.0. The predicted octanol–water partition coefficient (Wildman–Crippen LogP) is 6.91. The van der Waals surface area contributed by atoms with Crippen molar-refractivity contribution in [3.63, 3.8) is 0 Å². The molecule has 2 atom stereocenters. The standard InChI is InChI=1S/C29H24ClOPTe/c30-25-18-16-22(17-19-25)24-20-28(23-10-4-1-5-11-23)29(33-21-24)32(31,26-12-6-2-7-13-26)27-14-8-3-9-15-27/h1-19,21,28-29H,20H2/t28-,29+/m1/s1. The van der Waals surface area contributed by atoms with Crippen LogP contribution in [0.1, 0.15) is 23.5 Å². The first-order valence-electron chi connectivity index (χ1n) is 11.0. The molecule has 0 fully saturated rings. The van der Waals surface area contributed by atoms with Crippen LogP contribution < -0.4 is 10.6 Å². The van der Waals surface area contributed by atoms with Crippen molar-refractivity contribution in [3.8, 4) is 0 Å². The molecule has 0 bridgehead atoms. The maximum atomic E-state index is 15.2. The van der Waals surface area contributed by atoms with Crippen molar-refractivity contribution in [2.24, 2.45) is 0 Å². The minimum atomic E-state index is -2.85. The van der Waals surface area contributed by atoms with Crippen LogP contribution in [0, 0.1) is 0 Å². The van der Waals surface area contributed by atoms with Gasteiger partial charge in [-0.3, -0.25) is 0 Å². The number of allylic oxidation sites excluding steroid dienone is 1. The third-order valence-corrected chi connectivity index (χ3v) is 16.0. The molecule has 4 aromatic rings. The molecule has 0 amide bonds. The fraction of sp³-hybridized carbons (Fsp3) is 0.103. The van der Waals surface area contributed by atoms with Crippen LogP contribution in [0.3, 0.4) is 0 Å². The Kier molecular flexibility index (Phi) is 6.91. The fourth-order valence-electron chi connectivity index (χ4n) is 4.55. The molecule has 0 aromatic heterocycles. The number of rotatable bonds is 5. The van der Waals surface area contributed by atoms with Crippen molar-refractivity contribution in [3.05, 3.63) is 136 Å². The summed E-state index contributed by atoms with van der Waals surface area (Å²) in [5.74, 6) is 0.204. The van der Waals surface area contributed by atoms with Gasteiger partial charge in [0.2, 0.25) is 0 Å². The van der Waals surface area contributed by atoms with Gasteiger partial charge in [-0.25, -0.2) is 0 Å². The van der Waals surface area contributed by atoms with Gasteiger partial charge in [-0.05, 0) is 0 Å². The van der Waals surface area contributed by atoms with Gasteiger partial charge in [-0.15, -0.1) is 0 Å². The van der Waals surface area contributed by atoms with Crippen molar-refractivity contribution >= 4 is 55.8 Å². The molecule has 5 rings (SSSR count). The van der Waals surface area contributed by atoms with Crippen LogP contribution in [0.15, 0.2) is 119 Å². The van der Waals surface area contributed by atoms with Crippen molar-refractivity contribution < 1.29 is 4.57 Å². The van der Waals surface area contributed by atoms with Gasteiger partial charge in [0.05, 0.1) is 0 Å². The molecule has 1 aliphatic heterocycles. The van der Waals surface area contributed by atoms with Crippen molar-refractivity contribution in [2.75, 3.05) is 0 Å². The second-order valence-electron chi connectivity index (χ2n) is 8.23. The van der Waals surface area contributed by atoms with Gasteiger partial charge >= 0.3 is 212 Å². The van der Waals surface area contributed by atoms with Crippen LogP contribution in [0.4, 0.5) is 0 Å². The zero-order chi connectivity index (χ0) is 22.7. The first-order valence-corrected chi connectivity index (χ1v) is 15.9. The molecule has 0 aliphatic carbocycles. The average molecular weight is 583 g/mol. The van der Waals surface area contributed by atoms with Crippen LogP contribution in [0.2, 0.25) is 5.02 Å². The first-order chi connectivity index (χ1) is 16.2. The zero-order valence-electron chi connectivity index (χ0n) is 18.1. The molecule has 1 aliphatic rings. The topological polar surface area (TPSA) is 17.1 Å². The summed E-state index contributed by atoms with van der Waals surface area (Å²) in [7, 11) is -2.85. The van der Waals surface area contributed by atoms with E-state index in [0.717, 1.165) is 22.1 Å². The summed E-state index contributed by atoms with van der Waals surface area (Å²) in [6.45, 7) is 0. The molecule has 4 aromatic carbocycles. The Morgan fingerprint density at radius 1 is 0.697 bits per heavy atom. The van der Waals surface area contributed by atoms with E-state index in [9.17, 15) is 0 Å². The Morgan fingerprint density at radius 2 is 1.21 bits per heavy atom. The second-order valence-corrected chi connectivity index (χ2v) is 15.6. The van der Waals surface area contributed by atoms with Gasteiger partial charge in [0.1, 0.15) is 0 Å². The Balaban J connectivity index is 1.66. The average Bonchev–Trinajstić information content (AvgIpc) is 2.90. The Morgan fingerprint density at radius 3 is 1.76 bits per heavy atom. The van der Waals surface area contributed by atoms with Crippen LogP contribution in [-0.2, 0) is 4.57 Å². The van der Waals surface area contributed by atoms with E-state index in [1.165, 1.54) is 16.7 Å². The van der Waals surface area contributed by atoms with E-state index < -0.39 is 28.1 Å². The second kappa shape index (κ2) is 10.0. The van der Waals surface area contributed by atoms with Crippen LogP contribution in [0.5, 0.6) is 0 Å². The van der Waals surface area contributed by atoms with Crippen LogP contribution in [-0.4, -0.2) is 24.6 Å². The van der Waals surface area contributed by atoms with E-state index in [-0.39, 0.29) is 9.62 Å². The van der Waals surface area contributed by atoms with E-state index >= 15 is 4.57 Å². The molecule has 33 heavy (non-hydrogen) atoms. The van der Waals surface area contributed by atoms with Crippen LogP contribution >= 0.6 is 18.7 Å². The summed E-state index contributed by atoms with van der Waals surface area (Å²) in [6.07, 6.45) is 0.880. The number of hydrogen-bond acceptors (Lipinski definition) is 1. The molecule has 0 saturated carbocycles.